The summed E-state index contributed by atoms with van der Waals surface area (Å²) in [6.45, 7) is 0. The van der Waals surface area contributed by atoms with Crippen LogP contribution in [0.1, 0.15) is 30.7 Å². The third-order valence-corrected chi connectivity index (χ3v) is 2.74. The van der Waals surface area contributed by atoms with E-state index >= 15 is 0 Å². The Kier molecular flexibility index (Phi) is 2.46. The van der Waals surface area contributed by atoms with Crippen molar-refractivity contribution in [3.8, 4) is 0 Å². The van der Waals surface area contributed by atoms with Crippen LogP contribution in [-0.4, -0.2) is 16.2 Å². The van der Waals surface area contributed by atoms with E-state index in [-0.39, 0.29) is 5.56 Å². The molecule has 2 unspecified atom stereocenters. The zero-order valence-electron chi connectivity index (χ0n) is 7.58. The van der Waals surface area contributed by atoms with Crippen LogP contribution in [0, 0.1) is 11.6 Å². The van der Waals surface area contributed by atoms with E-state index in [1.807, 2.05) is 0 Å². The third-order valence-electron chi connectivity index (χ3n) is 2.74. The number of nitrogens with zero attached hydrogens (tertiary/aromatic N) is 1. The second kappa shape index (κ2) is 3.61. The van der Waals surface area contributed by atoms with Gasteiger partial charge < -0.3 is 5.11 Å². The smallest absolute Gasteiger partial charge is 0.147 e. The number of aromatic nitrogens is 1. The van der Waals surface area contributed by atoms with Crippen LogP contribution in [0.3, 0.4) is 0 Å². The number of aliphatic hydroxyl groups excluding tert-OH is 1. The van der Waals surface area contributed by atoms with Gasteiger partial charge in [-0.25, -0.2) is 8.78 Å². The minimum Gasteiger partial charge on any atom is -0.392 e. The molecular formula is C10H11F2NO. The van der Waals surface area contributed by atoms with Crippen molar-refractivity contribution in [2.45, 2.75) is 31.3 Å². The number of pyridine rings is 1. The average Bonchev–Trinajstić information content (AvgIpc) is 2.52. The molecule has 76 valence electrons. The van der Waals surface area contributed by atoms with Gasteiger partial charge in [0.05, 0.1) is 18.5 Å². The highest BCUT2D eigenvalue weighted by atomic mass is 19.1. The Morgan fingerprint density at radius 3 is 2.36 bits per heavy atom. The van der Waals surface area contributed by atoms with E-state index in [1.165, 1.54) is 0 Å². The van der Waals surface area contributed by atoms with Gasteiger partial charge in [0.25, 0.3) is 0 Å². The molecule has 0 aliphatic heterocycles. The second-order valence-electron chi connectivity index (χ2n) is 3.62. The maximum Gasteiger partial charge on any atom is 0.147 e. The normalized spacial score (nSPS) is 26.8. The van der Waals surface area contributed by atoms with Gasteiger partial charge in [0, 0.05) is 11.5 Å². The van der Waals surface area contributed by atoms with Gasteiger partial charge >= 0.3 is 0 Å². The number of rotatable bonds is 1. The zero-order chi connectivity index (χ0) is 10.1. The summed E-state index contributed by atoms with van der Waals surface area (Å²) in [7, 11) is 0. The Morgan fingerprint density at radius 2 is 1.86 bits per heavy atom. The number of aliphatic hydroxyl groups is 1. The molecule has 14 heavy (non-hydrogen) atoms. The summed E-state index contributed by atoms with van der Waals surface area (Å²) in [6.07, 6.45) is 3.42. The van der Waals surface area contributed by atoms with Gasteiger partial charge in [-0.1, -0.05) is 6.42 Å². The molecule has 1 aromatic heterocycles. The highest BCUT2D eigenvalue weighted by molar-refractivity contribution is 5.22. The molecule has 0 spiro atoms. The summed E-state index contributed by atoms with van der Waals surface area (Å²) < 4.78 is 26.5. The quantitative estimate of drug-likeness (QED) is 0.750. The fourth-order valence-electron chi connectivity index (χ4n) is 2.05. The molecule has 2 rings (SSSR count). The van der Waals surface area contributed by atoms with Crippen molar-refractivity contribution >= 4 is 0 Å². The van der Waals surface area contributed by atoms with E-state index in [9.17, 15) is 13.9 Å². The van der Waals surface area contributed by atoms with Crippen LogP contribution < -0.4 is 0 Å². The first kappa shape index (κ1) is 9.52. The van der Waals surface area contributed by atoms with Crippen LogP contribution in [0.25, 0.3) is 0 Å². The Balaban J connectivity index is 2.39. The van der Waals surface area contributed by atoms with E-state index in [1.54, 1.807) is 0 Å². The highest BCUT2D eigenvalue weighted by Crippen LogP contribution is 2.36. The van der Waals surface area contributed by atoms with Crippen LogP contribution in [0.2, 0.25) is 0 Å². The minimum absolute atomic E-state index is 0.00926. The molecule has 1 fully saturated rings. The summed E-state index contributed by atoms with van der Waals surface area (Å²) in [5, 5.41) is 9.54. The monoisotopic (exact) mass is 199 g/mol. The molecule has 1 aromatic rings. The summed E-state index contributed by atoms with van der Waals surface area (Å²) in [5.41, 5.74) is -0.00926. The molecule has 1 saturated carbocycles. The first-order valence-corrected chi connectivity index (χ1v) is 4.67. The van der Waals surface area contributed by atoms with Gasteiger partial charge in [-0.3, -0.25) is 4.98 Å². The van der Waals surface area contributed by atoms with Crippen LogP contribution >= 0.6 is 0 Å². The molecular weight excluding hydrogens is 188 g/mol. The van der Waals surface area contributed by atoms with Crippen molar-refractivity contribution in [1.29, 1.82) is 0 Å². The molecule has 1 heterocycles. The lowest BCUT2D eigenvalue weighted by Gasteiger charge is -2.15. The molecule has 1 aliphatic rings. The maximum atomic E-state index is 13.3. The standard InChI is InChI=1S/C10H11F2NO/c11-7-4-13-5-8(12)10(7)6-2-1-3-9(6)14/h4-6,9,14H,1-3H2. The Labute approximate surface area is 80.6 Å². The lowest BCUT2D eigenvalue weighted by molar-refractivity contribution is 0.160. The molecule has 0 radical (unpaired) electrons. The molecule has 0 saturated heterocycles. The van der Waals surface area contributed by atoms with Gasteiger partial charge in [0.15, 0.2) is 0 Å². The molecule has 2 atom stereocenters. The number of hydrogen-bond donors (Lipinski definition) is 1. The Hall–Kier alpha value is -1.03. The van der Waals surface area contributed by atoms with E-state index in [0.29, 0.717) is 12.8 Å². The van der Waals surface area contributed by atoms with E-state index in [4.69, 9.17) is 0 Å². The Morgan fingerprint density at radius 1 is 1.21 bits per heavy atom. The largest absolute Gasteiger partial charge is 0.392 e. The minimum atomic E-state index is -0.657. The number of hydrogen-bond acceptors (Lipinski definition) is 2. The third kappa shape index (κ3) is 1.50. The van der Waals surface area contributed by atoms with E-state index in [2.05, 4.69) is 4.98 Å². The molecule has 4 heteroatoms. The summed E-state index contributed by atoms with van der Waals surface area (Å²) in [5.74, 6) is -1.72. The summed E-state index contributed by atoms with van der Waals surface area (Å²) in [4.78, 5) is 3.41. The molecule has 0 aromatic carbocycles. The van der Waals surface area contributed by atoms with Crippen molar-refractivity contribution in [3.63, 3.8) is 0 Å². The van der Waals surface area contributed by atoms with Crippen molar-refractivity contribution in [3.05, 3.63) is 29.6 Å². The Bertz CT molecular complexity index is 323. The SMILES string of the molecule is OC1CCCC1c1c(F)cncc1F. The fraction of sp³-hybridized carbons (Fsp3) is 0.500. The second-order valence-corrected chi connectivity index (χ2v) is 3.62. The maximum absolute atomic E-state index is 13.3. The number of halogens is 2. The van der Waals surface area contributed by atoms with Gasteiger partial charge in [-0.2, -0.15) is 0 Å². The van der Waals surface area contributed by atoms with Crippen LogP contribution in [0.5, 0.6) is 0 Å². The summed E-state index contributed by atoms with van der Waals surface area (Å²) >= 11 is 0. The van der Waals surface area contributed by atoms with Gasteiger partial charge in [0.2, 0.25) is 0 Å². The highest BCUT2D eigenvalue weighted by Gasteiger charge is 2.31. The molecule has 1 N–H and O–H groups in total. The first-order chi connectivity index (χ1) is 6.70. The predicted octanol–water partition coefficient (Wildman–Crippen LogP) is 1.99. The first-order valence-electron chi connectivity index (χ1n) is 4.67. The molecule has 0 bridgehead atoms. The fourth-order valence-corrected chi connectivity index (χ4v) is 2.05. The van der Waals surface area contributed by atoms with Gasteiger partial charge in [-0.05, 0) is 12.8 Å². The predicted molar refractivity (Wildman–Crippen MR) is 46.8 cm³/mol. The zero-order valence-corrected chi connectivity index (χ0v) is 7.58. The topological polar surface area (TPSA) is 33.1 Å². The van der Waals surface area contributed by atoms with E-state index < -0.39 is 23.7 Å². The van der Waals surface area contributed by atoms with Crippen LogP contribution in [-0.2, 0) is 0 Å². The van der Waals surface area contributed by atoms with Crippen molar-refractivity contribution in [1.82, 2.24) is 4.98 Å². The van der Waals surface area contributed by atoms with E-state index in [0.717, 1.165) is 18.8 Å². The average molecular weight is 199 g/mol. The van der Waals surface area contributed by atoms with Crippen molar-refractivity contribution < 1.29 is 13.9 Å². The molecule has 1 aliphatic carbocycles. The lowest BCUT2D eigenvalue weighted by atomic mass is 9.96. The van der Waals surface area contributed by atoms with Gasteiger partial charge in [0.1, 0.15) is 11.6 Å². The van der Waals surface area contributed by atoms with Crippen molar-refractivity contribution in [2.75, 3.05) is 0 Å². The van der Waals surface area contributed by atoms with Crippen LogP contribution in [0.15, 0.2) is 12.4 Å². The summed E-state index contributed by atoms with van der Waals surface area (Å²) in [6, 6.07) is 0. The molecule has 2 nitrogen and oxygen atoms in total. The van der Waals surface area contributed by atoms with Gasteiger partial charge in [-0.15, -0.1) is 0 Å². The van der Waals surface area contributed by atoms with Crippen molar-refractivity contribution in [2.24, 2.45) is 0 Å². The van der Waals surface area contributed by atoms with Crippen LogP contribution in [0.4, 0.5) is 8.78 Å². The molecule has 0 amide bonds. The lowest BCUT2D eigenvalue weighted by Crippen LogP contribution is -2.14.